The maximum atomic E-state index is 11.7. The number of carbonyl (C=O) groups excluding carboxylic acids is 1. The summed E-state index contributed by atoms with van der Waals surface area (Å²) in [4.78, 5) is 21.9. The van der Waals surface area contributed by atoms with Gasteiger partial charge < -0.3 is 10.1 Å². The fourth-order valence-corrected chi connectivity index (χ4v) is 4.05. The number of aromatic amines is 1. The molecular formula is C22H23N7O2S. The number of hydrogen-bond acceptors (Lipinski definition) is 7. The van der Waals surface area contributed by atoms with Crippen LogP contribution < -0.4 is 10.6 Å². The molecule has 1 aromatic carbocycles. The van der Waals surface area contributed by atoms with E-state index in [9.17, 15) is 4.79 Å². The highest BCUT2D eigenvalue weighted by Crippen LogP contribution is 2.39. The van der Waals surface area contributed by atoms with Gasteiger partial charge in [-0.1, -0.05) is 18.7 Å². The lowest BCUT2D eigenvalue weighted by molar-refractivity contribution is 0.161. The third-order valence-corrected chi connectivity index (χ3v) is 5.91. The summed E-state index contributed by atoms with van der Waals surface area (Å²) in [6.45, 7) is 2.35. The van der Waals surface area contributed by atoms with Crippen molar-refractivity contribution in [2.45, 2.75) is 42.0 Å². The van der Waals surface area contributed by atoms with Gasteiger partial charge in [-0.25, -0.2) is 14.8 Å². The van der Waals surface area contributed by atoms with Gasteiger partial charge in [0.15, 0.2) is 5.82 Å². The largest absolute Gasteiger partial charge is 0.449 e. The van der Waals surface area contributed by atoms with Gasteiger partial charge >= 0.3 is 6.09 Å². The molecular weight excluding hydrogens is 426 g/mol. The monoisotopic (exact) mass is 449 g/mol. The van der Waals surface area contributed by atoms with Gasteiger partial charge in [0, 0.05) is 46.7 Å². The molecule has 1 saturated carbocycles. The summed E-state index contributed by atoms with van der Waals surface area (Å²) in [6, 6.07) is 11.5. The van der Waals surface area contributed by atoms with Crippen molar-refractivity contribution in [2.24, 2.45) is 0 Å². The highest BCUT2D eigenvalue weighted by molar-refractivity contribution is 7.99. The van der Waals surface area contributed by atoms with Crippen molar-refractivity contribution in [3.05, 3.63) is 54.5 Å². The van der Waals surface area contributed by atoms with Gasteiger partial charge in [-0.3, -0.25) is 14.8 Å². The highest BCUT2D eigenvalue weighted by atomic mass is 32.2. The second kappa shape index (κ2) is 8.91. The average Bonchev–Trinajstić information content (AvgIpc) is 3.34. The van der Waals surface area contributed by atoms with E-state index < -0.39 is 6.09 Å². The van der Waals surface area contributed by atoms with E-state index >= 15 is 0 Å². The fourth-order valence-electron chi connectivity index (χ4n) is 3.24. The maximum Gasteiger partial charge on any atom is 0.411 e. The van der Waals surface area contributed by atoms with Crippen LogP contribution in [0.1, 0.15) is 37.8 Å². The van der Waals surface area contributed by atoms with Gasteiger partial charge in [0.05, 0.1) is 6.61 Å². The first-order chi connectivity index (χ1) is 15.7. The van der Waals surface area contributed by atoms with E-state index in [1.807, 2.05) is 53.9 Å². The number of anilines is 3. The van der Waals surface area contributed by atoms with Gasteiger partial charge in [0.25, 0.3) is 0 Å². The molecule has 0 atom stereocenters. The molecule has 0 radical (unpaired) electrons. The van der Waals surface area contributed by atoms with E-state index in [1.165, 1.54) is 24.6 Å². The van der Waals surface area contributed by atoms with Gasteiger partial charge in [0.1, 0.15) is 10.7 Å². The number of rotatable bonds is 8. The number of fused-ring (bicyclic) bond motifs is 1. The maximum absolute atomic E-state index is 11.7. The molecule has 0 saturated heterocycles. The SMILES string of the molecule is CCCOC(=O)Nc1ccc(Sc2cc3nccn3c(Nc3cc(C4CC4)[nH]n3)n2)cc1. The molecule has 0 spiro atoms. The molecule has 0 aliphatic heterocycles. The molecule has 0 bridgehead atoms. The number of aromatic nitrogens is 5. The number of nitrogens with one attached hydrogen (secondary N) is 3. The van der Waals surface area contributed by atoms with Gasteiger partial charge in [-0.2, -0.15) is 5.10 Å². The smallest absolute Gasteiger partial charge is 0.411 e. The first kappa shape index (κ1) is 20.4. The van der Waals surface area contributed by atoms with E-state index in [-0.39, 0.29) is 0 Å². The quantitative estimate of drug-likeness (QED) is 0.318. The zero-order valence-corrected chi connectivity index (χ0v) is 18.4. The third-order valence-electron chi connectivity index (χ3n) is 4.98. The molecule has 1 amide bonds. The number of benzene rings is 1. The van der Waals surface area contributed by atoms with Crippen LogP contribution in [0.4, 0.5) is 22.2 Å². The Morgan fingerprint density at radius 2 is 2.12 bits per heavy atom. The van der Waals surface area contributed by atoms with Crippen molar-refractivity contribution in [1.82, 2.24) is 24.6 Å². The molecule has 164 valence electrons. The van der Waals surface area contributed by atoms with E-state index in [4.69, 9.17) is 9.72 Å². The summed E-state index contributed by atoms with van der Waals surface area (Å²) in [5.74, 6) is 1.99. The lowest BCUT2D eigenvalue weighted by Crippen LogP contribution is -2.13. The van der Waals surface area contributed by atoms with Crippen LogP contribution in [0.3, 0.4) is 0 Å². The molecule has 3 N–H and O–H groups in total. The second-order valence-electron chi connectivity index (χ2n) is 7.57. The zero-order chi connectivity index (χ0) is 21.9. The third kappa shape index (κ3) is 4.70. The predicted octanol–water partition coefficient (Wildman–Crippen LogP) is 5.18. The molecule has 3 heterocycles. The number of carbonyl (C=O) groups is 1. The molecule has 32 heavy (non-hydrogen) atoms. The topological polar surface area (TPSA) is 109 Å². The van der Waals surface area contributed by atoms with Gasteiger partial charge in [0.2, 0.25) is 5.95 Å². The fraction of sp³-hybridized carbons (Fsp3) is 0.273. The van der Waals surface area contributed by atoms with E-state index in [2.05, 4.69) is 25.8 Å². The van der Waals surface area contributed by atoms with E-state index in [0.717, 1.165) is 33.5 Å². The number of ether oxygens (including phenoxy) is 1. The number of H-pyrrole nitrogens is 1. The Hall–Kier alpha value is -3.53. The van der Waals surface area contributed by atoms with Gasteiger partial charge in [-0.15, -0.1) is 0 Å². The van der Waals surface area contributed by atoms with Gasteiger partial charge in [-0.05, 0) is 43.5 Å². The van der Waals surface area contributed by atoms with Crippen molar-refractivity contribution in [2.75, 3.05) is 17.2 Å². The Balaban J connectivity index is 1.31. The van der Waals surface area contributed by atoms with Crippen molar-refractivity contribution in [3.63, 3.8) is 0 Å². The number of hydrogen-bond donors (Lipinski definition) is 3. The summed E-state index contributed by atoms with van der Waals surface area (Å²) in [6.07, 6.45) is 6.38. The highest BCUT2D eigenvalue weighted by Gasteiger charge is 2.25. The normalized spacial score (nSPS) is 13.3. The Morgan fingerprint density at radius 1 is 1.28 bits per heavy atom. The first-order valence-corrected chi connectivity index (χ1v) is 11.4. The lowest BCUT2D eigenvalue weighted by atomic mass is 10.3. The lowest BCUT2D eigenvalue weighted by Gasteiger charge is -2.09. The Labute approximate surface area is 189 Å². The Morgan fingerprint density at radius 3 is 2.91 bits per heavy atom. The van der Waals surface area contributed by atoms with Crippen molar-refractivity contribution >= 4 is 41.0 Å². The van der Waals surface area contributed by atoms with E-state index in [0.29, 0.717) is 24.2 Å². The summed E-state index contributed by atoms with van der Waals surface area (Å²) >= 11 is 1.52. The molecule has 1 fully saturated rings. The molecule has 9 nitrogen and oxygen atoms in total. The van der Waals surface area contributed by atoms with Crippen LogP contribution in [-0.4, -0.2) is 37.3 Å². The van der Waals surface area contributed by atoms with Crippen LogP contribution in [0.25, 0.3) is 5.65 Å². The minimum absolute atomic E-state index is 0.401. The van der Waals surface area contributed by atoms with Crippen LogP contribution in [0, 0.1) is 0 Å². The molecule has 10 heteroatoms. The standard InChI is InChI=1S/C22H23N7O2S/c1-2-11-31-22(30)24-15-5-7-16(8-6-15)32-20-13-19-23-9-10-29(19)21(26-20)25-18-12-17(27-28-18)14-3-4-14/h5-10,12-14H,2-4,11H2,1H3,(H,24,30)(H2,25,26,27,28). The molecule has 0 unspecified atom stereocenters. The van der Waals surface area contributed by atoms with Crippen molar-refractivity contribution < 1.29 is 9.53 Å². The molecule has 1 aliphatic rings. The molecule has 4 aromatic rings. The van der Waals surface area contributed by atoms with E-state index in [1.54, 1.807) is 6.20 Å². The summed E-state index contributed by atoms with van der Waals surface area (Å²) in [7, 11) is 0. The summed E-state index contributed by atoms with van der Waals surface area (Å²) < 4.78 is 6.94. The predicted molar refractivity (Wildman–Crippen MR) is 123 cm³/mol. The summed E-state index contributed by atoms with van der Waals surface area (Å²) in [5.41, 5.74) is 2.63. The number of nitrogens with zero attached hydrogens (tertiary/aromatic N) is 4. The van der Waals surface area contributed by atoms with Crippen LogP contribution in [0.15, 0.2) is 58.7 Å². The van der Waals surface area contributed by atoms with Crippen LogP contribution in [-0.2, 0) is 4.74 Å². The minimum Gasteiger partial charge on any atom is -0.449 e. The molecule has 3 aromatic heterocycles. The summed E-state index contributed by atoms with van der Waals surface area (Å²) in [5, 5.41) is 14.3. The Bertz CT molecular complexity index is 1230. The van der Waals surface area contributed by atoms with Crippen molar-refractivity contribution in [3.8, 4) is 0 Å². The Kier molecular flexibility index (Phi) is 5.68. The minimum atomic E-state index is -0.447. The van der Waals surface area contributed by atoms with Crippen LogP contribution in [0.5, 0.6) is 0 Å². The second-order valence-corrected chi connectivity index (χ2v) is 8.66. The van der Waals surface area contributed by atoms with Crippen LogP contribution in [0.2, 0.25) is 0 Å². The average molecular weight is 450 g/mol. The number of amides is 1. The molecule has 1 aliphatic carbocycles. The zero-order valence-electron chi connectivity index (χ0n) is 17.5. The first-order valence-electron chi connectivity index (χ1n) is 10.6. The van der Waals surface area contributed by atoms with Crippen molar-refractivity contribution in [1.29, 1.82) is 0 Å². The van der Waals surface area contributed by atoms with Crippen LogP contribution >= 0.6 is 11.8 Å². The molecule has 5 rings (SSSR count). The number of imidazole rings is 1.